The molecule has 0 aromatic carbocycles. The standard InChI is InChI=1S/C31H44O5/c1-19(17-32)8-7-9-20(2)22-10-12-29(5)24-16-23-26(21(3)27(34)36-23)31(13-11-25(33)35-6)18-30(24,31)15-14-28(22,29)4/h8,17,20,22-24,26H,3,7,9-16,18H2,1-2,4-6H3/b19-8+/t20-,22-,23-,24+,26-,28-,29+,30+,31-/m1/s1. The molecule has 0 aromatic rings. The van der Waals surface area contributed by atoms with Crippen LogP contribution in [-0.2, 0) is 23.9 Å². The number of rotatable bonds is 8. The number of fused-ring (bicyclic) bond motifs is 4. The summed E-state index contributed by atoms with van der Waals surface area (Å²) in [5.74, 6) is 1.41. The second-order valence-corrected chi connectivity index (χ2v) is 13.4. The molecule has 198 valence electrons. The van der Waals surface area contributed by atoms with Crippen molar-refractivity contribution in [3.8, 4) is 0 Å². The number of hydrogen-bond acceptors (Lipinski definition) is 5. The van der Waals surface area contributed by atoms with Gasteiger partial charge in [-0.05, 0) is 110 Å². The minimum absolute atomic E-state index is 0.0443. The van der Waals surface area contributed by atoms with Gasteiger partial charge in [0.2, 0.25) is 0 Å². The minimum Gasteiger partial charge on any atom is -0.469 e. The van der Waals surface area contributed by atoms with E-state index in [1.807, 2.05) is 6.92 Å². The van der Waals surface area contributed by atoms with Gasteiger partial charge in [-0.2, -0.15) is 0 Å². The quantitative estimate of drug-likeness (QED) is 0.227. The number of methoxy groups -OCH3 is 1. The van der Waals surface area contributed by atoms with E-state index in [1.165, 1.54) is 32.8 Å². The maximum absolute atomic E-state index is 12.7. The highest BCUT2D eigenvalue weighted by Crippen LogP contribution is 2.88. The Morgan fingerprint density at radius 1 is 1.25 bits per heavy atom. The van der Waals surface area contributed by atoms with Crippen LogP contribution in [0.1, 0.15) is 91.9 Å². The van der Waals surface area contributed by atoms with Gasteiger partial charge in [-0.25, -0.2) is 4.79 Å². The van der Waals surface area contributed by atoms with Crippen LogP contribution in [0.15, 0.2) is 23.8 Å². The van der Waals surface area contributed by atoms with E-state index in [0.717, 1.165) is 44.0 Å². The molecule has 0 amide bonds. The molecular weight excluding hydrogens is 452 g/mol. The molecule has 9 atom stereocenters. The molecule has 36 heavy (non-hydrogen) atoms. The highest BCUT2D eigenvalue weighted by atomic mass is 16.6. The van der Waals surface area contributed by atoms with Gasteiger partial charge < -0.3 is 9.47 Å². The fourth-order valence-electron chi connectivity index (χ4n) is 10.4. The topological polar surface area (TPSA) is 69.7 Å². The van der Waals surface area contributed by atoms with Crippen LogP contribution in [-0.4, -0.2) is 31.4 Å². The predicted octanol–water partition coefficient (Wildman–Crippen LogP) is 6.21. The summed E-state index contributed by atoms with van der Waals surface area (Å²) in [4.78, 5) is 35.9. The third-order valence-electron chi connectivity index (χ3n) is 12.4. The first-order valence-corrected chi connectivity index (χ1v) is 14.1. The lowest BCUT2D eigenvalue weighted by Crippen LogP contribution is -2.56. The zero-order chi connectivity index (χ0) is 26.1. The van der Waals surface area contributed by atoms with Crippen LogP contribution in [0.5, 0.6) is 0 Å². The molecule has 4 saturated carbocycles. The van der Waals surface area contributed by atoms with Crippen LogP contribution in [0, 0.1) is 45.3 Å². The van der Waals surface area contributed by atoms with Crippen molar-refractivity contribution in [3.63, 3.8) is 0 Å². The lowest BCUT2D eigenvalue weighted by molar-refractivity contribution is -0.158. The number of esters is 2. The van der Waals surface area contributed by atoms with Crippen molar-refractivity contribution in [2.24, 2.45) is 45.3 Å². The molecule has 0 aromatic heterocycles. The summed E-state index contributed by atoms with van der Waals surface area (Å²) < 4.78 is 11.0. The van der Waals surface area contributed by atoms with Crippen molar-refractivity contribution in [3.05, 3.63) is 23.8 Å². The van der Waals surface area contributed by atoms with Gasteiger partial charge in [0.1, 0.15) is 12.4 Å². The summed E-state index contributed by atoms with van der Waals surface area (Å²) in [5, 5.41) is 0. The summed E-state index contributed by atoms with van der Waals surface area (Å²) in [6.45, 7) is 13.6. The highest BCUT2D eigenvalue weighted by Gasteiger charge is 2.83. The van der Waals surface area contributed by atoms with E-state index in [4.69, 9.17) is 9.47 Å². The molecule has 1 saturated heterocycles. The van der Waals surface area contributed by atoms with Gasteiger partial charge in [0, 0.05) is 17.9 Å². The summed E-state index contributed by atoms with van der Waals surface area (Å²) in [5.41, 5.74) is 2.00. The van der Waals surface area contributed by atoms with Gasteiger partial charge in [-0.1, -0.05) is 33.4 Å². The van der Waals surface area contributed by atoms with Gasteiger partial charge in [0.25, 0.3) is 0 Å². The van der Waals surface area contributed by atoms with E-state index >= 15 is 0 Å². The Balaban J connectivity index is 1.44. The largest absolute Gasteiger partial charge is 0.469 e. The number of hydrogen-bond donors (Lipinski definition) is 0. The van der Waals surface area contributed by atoms with Crippen LogP contribution >= 0.6 is 0 Å². The van der Waals surface area contributed by atoms with Crippen molar-refractivity contribution >= 4 is 18.2 Å². The van der Waals surface area contributed by atoms with Crippen LogP contribution in [0.4, 0.5) is 0 Å². The van der Waals surface area contributed by atoms with Gasteiger partial charge in [0.05, 0.1) is 7.11 Å². The third-order valence-corrected chi connectivity index (χ3v) is 12.4. The third kappa shape index (κ3) is 3.29. The molecule has 5 nitrogen and oxygen atoms in total. The Kier molecular flexibility index (Phi) is 6.12. The summed E-state index contributed by atoms with van der Waals surface area (Å²) in [6, 6.07) is 0. The van der Waals surface area contributed by atoms with E-state index in [1.54, 1.807) is 0 Å². The normalized spacial score (nSPS) is 45.6. The Morgan fingerprint density at radius 2 is 2.00 bits per heavy atom. The molecule has 5 rings (SSSR count). The maximum atomic E-state index is 12.7. The maximum Gasteiger partial charge on any atom is 0.334 e. The van der Waals surface area contributed by atoms with E-state index in [2.05, 4.69) is 33.4 Å². The molecule has 1 aliphatic heterocycles. The van der Waals surface area contributed by atoms with Crippen molar-refractivity contribution in [1.29, 1.82) is 0 Å². The van der Waals surface area contributed by atoms with Crippen molar-refractivity contribution in [1.82, 2.24) is 0 Å². The molecule has 4 aliphatic carbocycles. The average molecular weight is 497 g/mol. The monoisotopic (exact) mass is 496 g/mol. The Labute approximate surface area is 216 Å². The smallest absolute Gasteiger partial charge is 0.334 e. The zero-order valence-corrected chi connectivity index (χ0v) is 22.9. The highest BCUT2D eigenvalue weighted by molar-refractivity contribution is 5.91. The fraction of sp³-hybridized carbons (Fsp3) is 0.774. The number of ether oxygens (including phenoxy) is 2. The van der Waals surface area contributed by atoms with Crippen LogP contribution in [0.2, 0.25) is 0 Å². The predicted molar refractivity (Wildman–Crippen MR) is 138 cm³/mol. The first kappa shape index (κ1) is 25.7. The molecule has 0 unspecified atom stereocenters. The van der Waals surface area contributed by atoms with E-state index in [-0.39, 0.29) is 45.6 Å². The molecule has 5 aliphatic rings. The van der Waals surface area contributed by atoms with Crippen molar-refractivity contribution in [2.75, 3.05) is 7.11 Å². The molecule has 0 radical (unpaired) electrons. The molecule has 0 N–H and O–H groups in total. The van der Waals surface area contributed by atoms with Crippen LogP contribution in [0.3, 0.4) is 0 Å². The van der Waals surface area contributed by atoms with E-state index in [9.17, 15) is 14.4 Å². The zero-order valence-electron chi connectivity index (χ0n) is 22.9. The summed E-state index contributed by atoms with van der Waals surface area (Å²) in [7, 11) is 1.46. The van der Waals surface area contributed by atoms with Gasteiger partial charge in [-0.3, -0.25) is 9.59 Å². The molecule has 0 bridgehead atoms. The van der Waals surface area contributed by atoms with Crippen molar-refractivity contribution < 1.29 is 23.9 Å². The molecule has 5 fully saturated rings. The molecular formula is C31H44O5. The summed E-state index contributed by atoms with van der Waals surface area (Å²) in [6.07, 6.45) is 13.0. The molecule has 1 heterocycles. The number of carbonyl (C=O) groups excluding carboxylic acids is 3. The fourth-order valence-corrected chi connectivity index (χ4v) is 10.4. The van der Waals surface area contributed by atoms with E-state index < -0.39 is 0 Å². The number of aldehydes is 1. The second kappa shape index (κ2) is 8.56. The molecule has 1 spiro atoms. The number of allylic oxidation sites excluding steroid dienone is 2. The average Bonchev–Trinajstić information content (AvgIpc) is 3.31. The first-order chi connectivity index (χ1) is 17.0. The SMILES string of the molecule is C=C1C(=O)O[C@@H]2C[C@@H]3[C@]4(CC[C@]5(C)[C@@H]([C@H](C)CC/C=C(\C)C=O)CC[C@@]35C)C[C@]4(CCC(=O)OC)[C@H]12. The molecule has 5 heteroatoms. The van der Waals surface area contributed by atoms with Gasteiger partial charge in [0.15, 0.2) is 0 Å². The Hall–Kier alpha value is -1.91. The van der Waals surface area contributed by atoms with Gasteiger partial charge in [-0.15, -0.1) is 0 Å². The minimum atomic E-state index is -0.229. The number of carbonyl (C=O) groups is 3. The lowest BCUT2D eigenvalue weighted by atomic mass is 9.43. The van der Waals surface area contributed by atoms with Crippen LogP contribution in [0.25, 0.3) is 0 Å². The van der Waals surface area contributed by atoms with Crippen molar-refractivity contribution in [2.45, 2.75) is 98.0 Å². The Morgan fingerprint density at radius 3 is 2.69 bits per heavy atom. The first-order valence-electron chi connectivity index (χ1n) is 14.1. The van der Waals surface area contributed by atoms with Gasteiger partial charge >= 0.3 is 11.9 Å². The lowest BCUT2D eigenvalue weighted by Gasteiger charge is -2.61. The van der Waals surface area contributed by atoms with Crippen LogP contribution < -0.4 is 0 Å². The Bertz CT molecular complexity index is 1010. The van der Waals surface area contributed by atoms with E-state index in [0.29, 0.717) is 29.7 Å². The second-order valence-electron chi connectivity index (χ2n) is 13.4. The summed E-state index contributed by atoms with van der Waals surface area (Å²) >= 11 is 0.